The molecule has 0 bridgehead atoms. The number of piperidine rings is 1. The molecule has 8 heteroatoms. The number of morpholine rings is 1. The predicted molar refractivity (Wildman–Crippen MR) is 123 cm³/mol. The molecule has 0 saturated carbocycles. The average molecular weight is 456 g/mol. The average Bonchev–Trinajstić information content (AvgIpc) is 3.27. The van der Waals surface area contributed by atoms with Gasteiger partial charge >= 0.3 is 0 Å². The molecule has 32 heavy (non-hydrogen) atoms. The summed E-state index contributed by atoms with van der Waals surface area (Å²) in [6, 6.07) is 7.65. The number of aromatic nitrogens is 1. The highest BCUT2D eigenvalue weighted by Crippen LogP contribution is 2.21. The Hall–Kier alpha value is -2.71. The maximum absolute atomic E-state index is 12.6. The number of hydrogen-bond acceptors (Lipinski definition) is 6. The molecule has 0 aliphatic carbocycles. The summed E-state index contributed by atoms with van der Waals surface area (Å²) in [4.78, 5) is 33.3. The molecule has 0 N–H and O–H groups in total. The van der Waals surface area contributed by atoms with Crippen molar-refractivity contribution >= 4 is 29.2 Å². The van der Waals surface area contributed by atoms with Crippen LogP contribution in [-0.4, -0.2) is 66.0 Å². The summed E-state index contributed by atoms with van der Waals surface area (Å²) in [5.41, 5.74) is 1.87. The zero-order valence-corrected chi connectivity index (χ0v) is 19.2. The lowest BCUT2D eigenvalue weighted by atomic mass is 9.95. The Kier molecular flexibility index (Phi) is 7.55. The van der Waals surface area contributed by atoms with Gasteiger partial charge in [0.2, 0.25) is 11.8 Å². The van der Waals surface area contributed by atoms with Gasteiger partial charge in [-0.2, -0.15) is 0 Å². The molecule has 4 rings (SSSR count). The molecule has 0 atom stereocenters. The van der Waals surface area contributed by atoms with Crippen LogP contribution in [0.4, 0.5) is 0 Å². The zero-order valence-electron chi connectivity index (χ0n) is 18.4. The minimum absolute atomic E-state index is 0.0125. The van der Waals surface area contributed by atoms with E-state index < -0.39 is 0 Å². The van der Waals surface area contributed by atoms with Crippen LogP contribution in [-0.2, 0) is 20.9 Å². The maximum Gasteiger partial charge on any atom is 0.246 e. The van der Waals surface area contributed by atoms with Crippen molar-refractivity contribution < 1.29 is 19.1 Å². The van der Waals surface area contributed by atoms with E-state index >= 15 is 0 Å². The summed E-state index contributed by atoms with van der Waals surface area (Å²) in [6.45, 7) is 6.24. The van der Waals surface area contributed by atoms with Gasteiger partial charge in [0.05, 0.1) is 23.9 Å². The van der Waals surface area contributed by atoms with Crippen LogP contribution >= 0.6 is 11.3 Å². The quantitative estimate of drug-likeness (QED) is 0.626. The molecule has 2 aromatic rings. The number of carbonyl (C=O) groups is 2. The molecule has 2 aliphatic rings. The fourth-order valence-electron chi connectivity index (χ4n) is 3.97. The highest BCUT2D eigenvalue weighted by atomic mass is 32.1. The number of hydrogen-bond donors (Lipinski definition) is 0. The van der Waals surface area contributed by atoms with Gasteiger partial charge in [0.1, 0.15) is 12.4 Å². The van der Waals surface area contributed by atoms with E-state index in [1.807, 2.05) is 52.4 Å². The van der Waals surface area contributed by atoms with Gasteiger partial charge in [0.25, 0.3) is 0 Å². The third-order valence-corrected chi connectivity index (χ3v) is 6.65. The molecule has 7 nitrogen and oxygen atoms in total. The molecular formula is C24H29N3O4S. The number of aryl methyl sites for hydroxylation is 1. The fourth-order valence-corrected chi connectivity index (χ4v) is 4.57. The van der Waals surface area contributed by atoms with E-state index in [2.05, 4.69) is 4.98 Å². The molecule has 0 spiro atoms. The van der Waals surface area contributed by atoms with E-state index in [0.29, 0.717) is 46.0 Å². The summed E-state index contributed by atoms with van der Waals surface area (Å²) in [6.07, 6.45) is 4.87. The van der Waals surface area contributed by atoms with Crippen LogP contribution < -0.4 is 4.74 Å². The summed E-state index contributed by atoms with van der Waals surface area (Å²) in [5.74, 6) is 0.984. The van der Waals surface area contributed by atoms with E-state index in [4.69, 9.17) is 9.47 Å². The Morgan fingerprint density at radius 1 is 1.12 bits per heavy atom. The number of likely N-dealkylation sites (tertiary alicyclic amines) is 1. The van der Waals surface area contributed by atoms with Crippen molar-refractivity contribution in [3.63, 3.8) is 0 Å². The van der Waals surface area contributed by atoms with Crippen LogP contribution in [0.2, 0.25) is 0 Å². The standard InChI is InChI=1S/C24H29N3O4S/c1-18-25-21(17-32-18)16-31-22-5-2-19(3-6-22)4-7-23(28)26-10-8-20(9-11-26)24(29)27-12-14-30-15-13-27/h2-7,17,20H,8-16H2,1H3. The van der Waals surface area contributed by atoms with Crippen LogP contribution in [0, 0.1) is 12.8 Å². The first-order valence-electron chi connectivity index (χ1n) is 11.1. The van der Waals surface area contributed by atoms with Crippen LogP contribution in [0.25, 0.3) is 6.08 Å². The van der Waals surface area contributed by atoms with Gasteiger partial charge in [0.15, 0.2) is 0 Å². The van der Waals surface area contributed by atoms with E-state index in [0.717, 1.165) is 34.9 Å². The Morgan fingerprint density at radius 3 is 2.50 bits per heavy atom. The maximum atomic E-state index is 12.6. The first-order chi connectivity index (χ1) is 15.6. The summed E-state index contributed by atoms with van der Waals surface area (Å²) in [7, 11) is 0. The van der Waals surface area contributed by atoms with Crippen LogP contribution in [0.15, 0.2) is 35.7 Å². The number of nitrogens with zero attached hydrogens (tertiary/aromatic N) is 3. The number of rotatable bonds is 6. The van der Waals surface area contributed by atoms with Crippen molar-refractivity contribution in [2.45, 2.75) is 26.4 Å². The normalized spacial score (nSPS) is 17.7. The minimum atomic E-state index is -0.0125. The highest BCUT2D eigenvalue weighted by molar-refractivity contribution is 7.09. The smallest absolute Gasteiger partial charge is 0.246 e. The summed E-state index contributed by atoms with van der Waals surface area (Å²) < 4.78 is 11.1. The van der Waals surface area contributed by atoms with Gasteiger partial charge in [-0.3, -0.25) is 9.59 Å². The predicted octanol–water partition coefficient (Wildman–Crippen LogP) is 3.14. The number of carbonyl (C=O) groups excluding carboxylic acids is 2. The summed E-state index contributed by atoms with van der Waals surface area (Å²) in [5, 5.41) is 3.03. The third-order valence-electron chi connectivity index (χ3n) is 5.83. The number of thiazole rings is 1. The molecule has 3 heterocycles. The van der Waals surface area contributed by atoms with Crippen molar-refractivity contribution in [2.75, 3.05) is 39.4 Å². The van der Waals surface area contributed by atoms with E-state index in [9.17, 15) is 9.59 Å². The second kappa shape index (κ2) is 10.7. The van der Waals surface area contributed by atoms with Crippen molar-refractivity contribution in [1.29, 1.82) is 0 Å². The third kappa shape index (κ3) is 5.95. The first kappa shape index (κ1) is 22.5. The van der Waals surface area contributed by atoms with Crippen molar-refractivity contribution in [1.82, 2.24) is 14.8 Å². The Bertz CT molecular complexity index is 942. The lowest BCUT2D eigenvalue weighted by Crippen LogP contribution is -2.47. The van der Waals surface area contributed by atoms with Gasteiger partial charge in [-0.05, 0) is 43.5 Å². The molecule has 2 saturated heterocycles. The molecule has 170 valence electrons. The molecule has 2 aliphatic heterocycles. The number of amides is 2. The second-order valence-electron chi connectivity index (χ2n) is 8.09. The van der Waals surface area contributed by atoms with Crippen molar-refractivity contribution in [3.8, 4) is 5.75 Å². The molecule has 2 fully saturated rings. The number of ether oxygens (including phenoxy) is 2. The molecule has 1 aromatic carbocycles. The SMILES string of the molecule is Cc1nc(COc2ccc(C=CC(=O)N3CCC(C(=O)N4CCOCC4)CC3)cc2)cs1. The Balaban J connectivity index is 1.22. The molecule has 1 aromatic heterocycles. The van der Waals surface area contributed by atoms with Crippen molar-refractivity contribution in [3.05, 3.63) is 52.0 Å². The van der Waals surface area contributed by atoms with Gasteiger partial charge in [-0.1, -0.05) is 12.1 Å². The lowest BCUT2D eigenvalue weighted by Gasteiger charge is -2.35. The highest BCUT2D eigenvalue weighted by Gasteiger charge is 2.30. The van der Waals surface area contributed by atoms with Gasteiger partial charge in [-0.15, -0.1) is 11.3 Å². The van der Waals surface area contributed by atoms with E-state index in [1.165, 1.54) is 0 Å². The van der Waals surface area contributed by atoms with Gasteiger partial charge in [-0.25, -0.2) is 4.98 Å². The van der Waals surface area contributed by atoms with Gasteiger partial charge < -0.3 is 19.3 Å². The molecule has 2 amide bonds. The Labute approximate surface area is 192 Å². The topological polar surface area (TPSA) is 72.0 Å². The van der Waals surface area contributed by atoms with E-state index in [1.54, 1.807) is 17.4 Å². The monoisotopic (exact) mass is 455 g/mol. The fraction of sp³-hybridized carbons (Fsp3) is 0.458. The zero-order chi connectivity index (χ0) is 22.3. The lowest BCUT2D eigenvalue weighted by molar-refractivity contribution is -0.142. The first-order valence-corrected chi connectivity index (χ1v) is 11.9. The summed E-state index contributed by atoms with van der Waals surface area (Å²) >= 11 is 1.61. The van der Waals surface area contributed by atoms with Crippen LogP contribution in [0.3, 0.4) is 0 Å². The largest absolute Gasteiger partial charge is 0.487 e. The molecular weight excluding hydrogens is 426 g/mol. The van der Waals surface area contributed by atoms with Gasteiger partial charge in [0, 0.05) is 43.6 Å². The van der Waals surface area contributed by atoms with Crippen LogP contribution in [0.1, 0.15) is 29.1 Å². The Morgan fingerprint density at radius 2 is 1.84 bits per heavy atom. The number of benzene rings is 1. The second-order valence-corrected chi connectivity index (χ2v) is 9.15. The molecule has 0 radical (unpaired) electrons. The van der Waals surface area contributed by atoms with Crippen LogP contribution in [0.5, 0.6) is 5.75 Å². The molecule has 0 unspecified atom stereocenters. The van der Waals surface area contributed by atoms with E-state index in [-0.39, 0.29) is 17.7 Å². The van der Waals surface area contributed by atoms with Crippen molar-refractivity contribution in [2.24, 2.45) is 5.92 Å². The minimum Gasteiger partial charge on any atom is -0.487 e.